The summed E-state index contributed by atoms with van der Waals surface area (Å²) in [5.74, 6) is 0.0271. The number of hydrogen-bond donors (Lipinski definition) is 1. The van der Waals surface area contributed by atoms with Crippen LogP contribution in [0.3, 0.4) is 0 Å². The lowest BCUT2D eigenvalue weighted by Crippen LogP contribution is -2.40. The van der Waals surface area contributed by atoms with Crippen molar-refractivity contribution in [2.45, 2.75) is 56.5 Å². The summed E-state index contributed by atoms with van der Waals surface area (Å²) < 4.78 is 1.72. The van der Waals surface area contributed by atoms with E-state index in [1.54, 1.807) is 4.57 Å². The Morgan fingerprint density at radius 3 is 2.50 bits per heavy atom. The summed E-state index contributed by atoms with van der Waals surface area (Å²) in [4.78, 5) is 32.6. The standard InChI is InChI=1S/C32H31N3O2S/c1-21-14-15-26(22(2)18-21)33-27(36)20-38-31-34-29-25-13-7-6-10-23(25)19-32(16-8-9-17-32)28(29)30(37)35(31)24-11-4-3-5-12-24/h3-7,10-15,18H,8-9,16-17,19-20H2,1-2H3,(H,33,36). The second-order valence-corrected chi connectivity index (χ2v) is 11.5. The number of anilines is 1. The van der Waals surface area contributed by atoms with Crippen LogP contribution in [0, 0.1) is 13.8 Å². The number of benzene rings is 3. The van der Waals surface area contributed by atoms with Gasteiger partial charge in [0.25, 0.3) is 5.56 Å². The molecule has 3 aromatic carbocycles. The first-order chi connectivity index (χ1) is 18.4. The van der Waals surface area contributed by atoms with Crippen LogP contribution in [-0.2, 0) is 16.6 Å². The largest absolute Gasteiger partial charge is 0.325 e. The lowest BCUT2D eigenvalue weighted by atomic mass is 9.68. The highest BCUT2D eigenvalue weighted by Gasteiger charge is 2.44. The first-order valence-electron chi connectivity index (χ1n) is 13.3. The van der Waals surface area contributed by atoms with Gasteiger partial charge in [-0.3, -0.25) is 14.2 Å². The van der Waals surface area contributed by atoms with Crippen molar-refractivity contribution >= 4 is 23.4 Å². The predicted octanol–water partition coefficient (Wildman–Crippen LogP) is 6.62. The van der Waals surface area contributed by atoms with Gasteiger partial charge in [-0.2, -0.15) is 0 Å². The molecule has 1 N–H and O–H groups in total. The van der Waals surface area contributed by atoms with Gasteiger partial charge in [-0.25, -0.2) is 4.98 Å². The normalized spacial score (nSPS) is 15.2. The van der Waals surface area contributed by atoms with E-state index in [-0.39, 0.29) is 22.6 Å². The predicted molar refractivity (Wildman–Crippen MR) is 154 cm³/mol. The number of aromatic nitrogens is 2. The fraction of sp³-hybridized carbons (Fsp3) is 0.281. The van der Waals surface area contributed by atoms with E-state index in [0.29, 0.717) is 5.16 Å². The Morgan fingerprint density at radius 2 is 1.74 bits per heavy atom. The number of nitrogens with one attached hydrogen (secondary N) is 1. The van der Waals surface area contributed by atoms with Crippen molar-refractivity contribution in [1.29, 1.82) is 0 Å². The molecule has 1 saturated carbocycles. The molecular formula is C32H31N3O2S. The Bertz CT molecular complexity index is 1590. The Balaban J connectivity index is 1.44. The molecule has 1 fully saturated rings. The molecule has 0 radical (unpaired) electrons. The molecule has 1 amide bonds. The number of rotatable bonds is 5. The molecule has 6 heteroatoms. The molecule has 38 heavy (non-hydrogen) atoms. The monoisotopic (exact) mass is 521 g/mol. The third-order valence-corrected chi connectivity index (χ3v) is 8.89. The molecule has 6 rings (SSSR count). The van der Waals surface area contributed by atoms with E-state index in [0.717, 1.165) is 71.4 Å². The van der Waals surface area contributed by atoms with Gasteiger partial charge in [0.05, 0.1) is 22.7 Å². The number of nitrogens with zero attached hydrogens (tertiary/aromatic N) is 2. The molecular weight excluding hydrogens is 490 g/mol. The van der Waals surface area contributed by atoms with E-state index in [4.69, 9.17) is 4.98 Å². The van der Waals surface area contributed by atoms with Crippen molar-refractivity contribution in [2.75, 3.05) is 11.1 Å². The van der Waals surface area contributed by atoms with Crippen molar-refractivity contribution in [3.63, 3.8) is 0 Å². The Hall–Kier alpha value is -3.64. The average molecular weight is 522 g/mol. The summed E-state index contributed by atoms with van der Waals surface area (Å²) >= 11 is 1.31. The van der Waals surface area contributed by atoms with Gasteiger partial charge in [0, 0.05) is 16.7 Å². The number of thioether (sulfide) groups is 1. The second kappa shape index (κ2) is 9.91. The summed E-state index contributed by atoms with van der Waals surface area (Å²) in [6.45, 7) is 4.02. The van der Waals surface area contributed by atoms with Gasteiger partial charge in [0.15, 0.2) is 5.16 Å². The molecule has 2 aliphatic carbocycles. The lowest BCUT2D eigenvalue weighted by Gasteiger charge is -2.36. The van der Waals surface area contributed by atoms with Crippen LogP contribution in [0.2, 0.25) is 0 Å². The fourth-order valence-corrected chi connectivity index (χ4v) is 6.99. The fourth-order valence-electron chi connectivity index (χ4n) is 6.18. The van der Waals surface area contributed by atoms with E-state index < -0.39 is 0 Å². The SMILES string of the molecule is Cc1ccc(NC(=O)CSc2nc3c(c(=O)n2-c2ccccc2)C2(CCCC2)Cc2ccccc2-3)c(C)c1. The molecule has 0 bridgehead atoms. The molecule has 2 aliphatic rings. The van der Waals surface area contributed by atoms with Crippen molar-refractivity contribution in [2.24, 2.45) is 0 Å². The van der Waals surface area contributed by atoms with Crippen LogP contribution >= 0.6 is 11.8 Å². The quantitative estimate of drug-likeness (QED) is 0.237. The first kappa shape index (κ1) is 24.7. The zero-order valence-electron chi connectivity index (χ0n) is 21.8. The molecule has 1 heterocycles. The van der Waals surface area contributed by atoms with Crippen LogP contribution in [0.25, 0.3) is 16.9 Å². The molecule has 0 aliphatic heterocycles. The first-order valence-corrected chi connectivity index (χ1v) is 14.2. The van der Waals surface area contributed by atoms with Crippen LogP contribution in [0.5, 0.6) is 0 Å². The number of fused-ring (bicyclic) bond motifs is 4. The molecule has 1 aromatic heterocycles. The number of para-hydroxylation sites is 1. The summed E-state index contributed by atoms with van der Waals surface area (Å²) in [5, 5.41) is 3.57. The van der Waals surface area contributed by atoms with Crippen LogP contribution < -0.4 is 10.9 Å². The lowest BCUT2D eigenvalue weighted by molar-refractivity contribution is -0.113. The maximum absolute atomic E-state index is 14.4. The molecule has 1 spiro atoms. The van der Waals surface area contributed by atoms with Crippen LogP contribution in [0.15, 0.2) is 82.7 Å². The van der Waals surface area contributed by atoms with Gasteiger partial charge in [0.2, 0.25) is 5.91 Å². The minimum atomic E-state index is -0.173. The van der Waals surface area contributed by atoms with Crippen LogP contribution in [0.1, 0.15) is 47.9 Å². The third kappa shape index (κ3) is 4.37. The second-order valence-electron chi connectivity index (χ2n) is 10.6. The number of amides is 1. The van der Waals surface area contributed by atoms with Crippen molar-refractivity contribution in [3.8, 4) is 16.9 Å². The van der Waals surface area contributed by atoms with Crippen LogP contribution in [0.4, 0.5) is 5.69 Å². The highest BCUT2D eigenvalue weighted by atomic mass is 32.2. The summed E-state index contributed by atoms with van der Waals surface area (Å²) in [6, 6.07) is 24.0. The molecule has 5 nitrogen and oxygen atoms in total. The van der Waals surface area contributed by atoms with Gasteiger partial charge in [-0.15, -0.1) is 0 Å². The minimum Gasteiger partial charge on any atom is -0.325 e. The summed E-state index contributed by atoms with van der Waals surface area (Å²) in [5.41, 5.74) is 7.52. The molecule has 192 valence electrons. The number of hydrogen-bond acceptors (Lipinski definition) is 4. The number of carbonyl (C=O) groups is 1. The topological polar surface area (TPSA) is 64.0 Å². The highest BCUT2D eigenvalue weighted by Crippen LogP contribution is 2.50. The zero-order chi connectivity index (χ0) is 26.3. The van der Waals surface area contributed by atoms with Gasteiger partial charge in [-0.1, -0.05) is 84.8 Å². The zero-order valence-corrected chi connectivity index (χ0v) is 22.6. The maximum Gasteiger partial charge on any atom is 0.263 e. The van der Waals surface area contributed by atoms with E-state index in [2.05, 4.69) is 29.6 Å². The Labute approximate surface area is 227 Å². The minimum absolute atomic E-state index is 0.00473. The van der Waals surface area contributed by atoms with E-state index in [1.807, 2.05) is 62.4 Å². The molecule has 4 aromatic rings. The van der Waals surface area contributed by atoms with Gasteiger partial charge < -0.3 is 5.32 Å². The van der Waals surface area contributed by atoms with Gasteiger partial charge in [-0.05, 0) is 62.4 Å². The van der Waals surface area contributed by atoms with E-state index >= 15 is 0 Å². The molecule has 0 atom stereocenters. The van der Waals surface area contributed by atoms with Gasteiger partial charge in [0.1, 0.15) is 0 Å². The molecule has 0 unspecified atom stereocenters. The highest BCUT2D eigenvalue weighted by molar-refractivity contribution is 7.99. The van der Waals surface area contributed by atoms with Gasteiger partial charge >= 0.3 is 0 Å². The van der Waals surface area contributed by atoms with E-state index in [9.17, 15) is 9.59 Å². The number of aryl methyl sites for hydroxylation is 2. The van der Waals surface area contributed by atoms with Crippen molar-refractivity contribution in [3.05, 3.63) is 105 Å². The van der Waals surface area contributed by atoms with Crippen molar-refractivity contribution in [1.82, 2.24) is 9.55 Å². The Kier molecular flexibility index (Phi) is 6.44. The third-order valence-electron chi connectivity index (χ3n) is 7.95. The van der Waals surface area contributed by atoms with Crippen molar-refractivity contribution < 1.29 is 4.79 Å². The summed E-state index contributed by atoms with van der Waals surface area (Å²) in [6.07, 6.45) is 5.14. The summed E-state index contributed by atoms with van der Waals surface area (Å²) in [7, 11) is 0. The Morgan fingerprint density at radius 1 is 1.00 bits per heavy atom. The maximum atomic E-state index is 14.4. The van der Waals surface area contributed by atoms with E-state index in [1.165, 1.54) is 17.3 Å². The smallest absolute Gasteiger partial charge is 0.263 e. The molecule has 0 saturated heterocycles. The average Bonchev–Trinajstić information content (AvgIpc) is 3.37. The van der Waals surface area contributed by atoms with Crippen LogP contribution in [-0.4, -0.2) is 21.2 Å². The number of carbonyl (C=O) groups excluding carboxylic acids is 1.